The summed E-state index contributed by atoms with van der Waals surface area (Å²) in [6, 6.07) is 7.70. The molecule has 2 N–H and O–H groups in total. The highest BCUT2D eigenvalue weighted by Crippen LogP contribution is 2.15. The zero-order valence-corrected chi connectivity index (χ0v) is 10.4. The van der Waals surface area contributed by atoms with Crippen molar-refractivity contribution in [1.82, 2.24) is 0 Å². The highest BCUT2D eigenvalue weighted by Gasteiger charge is 2.11. The summed E-state index contributed by atoms with van der Waals surface area (Å²) in [5.41, 5.74) is 2.63. The molecular formula is C13H18N2O2. The van der Waals surface area contributed by atoms with Crippen LogP contribution in [0.15, 0.2) is 34.6 Å². The quantitative estimate of drug-likeness (QED) is 0.477. The van der Waals surface area contributed by atoms with Crippen molar-refractivity contribution in [2.24, 2.45) is 10.3 Å². The van der Waals surface area contributed by atoms with Crippen molar-refractivity contribution in [2.75, 3.05) is 0 Å². The SMILES string of the molecule is CCC(=N/O)/C(=N\O)c1ccc(C(C)C)cc1. The maximum atomic E-state index is 8.99. The van der Waals surface area contributed by atoms with Crippen molar-refractivity contribution in [2.45, 2.75) is 33.1 Å². The Morgan fingerprint density at radius 1 is 1.12 bits per heavy atom. The fourth-order valence-corrected chi connectivity index (χ4v) is 1.59. The second kappa shape index (κ2) is 6.03. The second-order valence-electron chi connectivity index (χ2n) is 4.13. The number of oxime groups is 2. The summed E-state index contributed by atoms with van der Waals surface area (Å²) in [5.74, 6) is 0.454. The lowest BCUT2D eigenvalue weighted by Gasteiger charge is -2.08. The minimum atomic E-state index is 0.310. The van der Waals surface area contributed by atoms with Gasteiger partial charge in [0, 0.05) is 5.56 Å². The Morgan fingerprint density at radius 3 is 2.06 bits per heavy atom. The first-order chi connectivity index (χ1) is 8.13. The van der Waals surface area contributed by atoms with E-state index in [9.17, 15) is 0 Å². The Hall–Kier alpha value is -1.84. The summed E-state index contributed by atoms with van der Waals surface area (Å²) in [4.78, 5) is 0. The van der Waals surface area contributed by atoms with E-state index >= 15 is 0 Å². The van der Waals surface area contributed by atoms with Crippen LogP contribution in [0.4, 0.5) is 0 Å². The zero-order chi connectivity index (χ0) is 12.8. The van der Waals surface area contributed by atoms with Crippen LogP contribution in [0.25, 0.3) is 0 Å². The molecule has 0 heterocycles. The molecule has 0 bridgehead atoms. The number of nitrogens with zero attached hydrogens (tertiary/aromatic N) is 2. The van der Waals surface area contributed by atoms with Gasteiger partial charge in [-0.3, -0.25) is 0 Å². The van der Waals surface area contributed by atoms with Crippen LogP contribution in [0.1, 0.15) is 44.2 Å². The molecular weight excluding hydrogens is 216 g/mol. The first-order valence-electron chi connectivity index (χ1n) is 5.67. The van der Waals surface area contributed by atoms with Crippen LogP contribution in [0.3, 0.4) is 0 Å². The van der Waals surface area contributed by atoms with Gasteiger partial charge < -0.3 is 10.4 Å². The minimum Gasteiger partial charge on any atom is -0.411 e. The van der Waals surface area contributed by atoms with Crippen molar-refractivity contribution in [3.63, 3.8) is 0 Å². The Morgan fingerprint density at radius 2 is 1.71 bits per heavy atom. The average Bonchev–Trinajstić information content (AvgIpc) is 2.36. The van der Waals surface area contributed by atoms with Crippen molar-refractivity contribution in [3.05, 3.63) is 35.4 Å². The summed E-state index contributed by atoms with van der Waals surface area (Å²) < 4.78 is 0. The maximum absolute atomic E-state index is 8.99. The van der Waals surface area contributed by atoms with Gasteiger partial charge in [-0.2, -0.15) is 0 Å². The Bertz CT molecular complexity index is 420. The van der Waals surface area contributed by atoms with Crippen LogP contribution in [-0.2, 0) is 0 Å². The van der Waals surface area contributed by atoms with Gasteiger partial charge in [-0.25, -0.2) is 0 Å². The molecule has 0 aliphatic carbocycles. The Kier molecular flexibility index (Phi) is 4.69. The van der Waals surface area contributed by atoms with E-state index in [1.807, 2.05) is 31.2 Å². The van der Waals surface area contributed by atoms with Gasteiger partial charge in [0.05, 0.1) is 0 Å². The molecule has 0 radical (unpaired) electrons. The first kappa shape index (κ1) is 13.2. The van der Waals surface area contributed by atoms with Crippen molar-refractivity contribution >= 4 is 11.4 Å². The van der Waals surface area contributed by atoms with E-state index in [1.54, 1.807) is 0 Å². The summed E-state index contributed by atoms with van der Waals surface area (Å²) in [7, 11) is 0. The second-order valence-corrected chi connectivity index (χ2v) is 4.13. The summed E-state index contributed by atoms with van der Waals surface area (Å²) in [6.07, 6.45) is 0.502. The van der Waals surface area contributed by atoms with Gasteiger partial charge >= 0.3 is 0 Å². The molecule has 0 aromatic heterocycles. The molecule has 1 aromatic carbocycles. The molecule has 0 atom stereocenters. The van der Waals surface area contributed by atoms with Crippen LogP contribution in [-0.4, -0.2) is 21.8 Å². The number of rotatable bonds is 4. The lowest BCUT2D eigenvalue weighted by molar-refractivity contribution is 0.313. The molecule has 4 heteroatoms. The Balaban J connectivity index is 3.07. The molecule has 0 spiro atoms. The Labute approximate surface area is 101 Å². The number of benzene rings is 1. The van der Waals surface area contributed by atoms with E-state index in [4.69, 9.17) is 10.4 Å². The van der Waals surface area contributed by atoms with Gasteiger partial charge in [0.1, 0.15) is 11.4 Å². The van der Waals surface area contributed by atoms with Crippen LogP contribution >= 0.6 is 0 Å². The van der Waals surface area contributed by atoms with E-state index < -0.39 is 0 Å². The zero-order valence-electron chi connectivity index (χ0n) is 10.4. The topological polar surface area (TPSA) is 65.2 Å². The normalized spacial score (nSPS) is 13.2. The van der Waals surface area contributed by atoms with E-state index in [0.29, 0.717) is 23.8 Å². The first-order valence-corrected chi connectivity index (χ1v) is 5.67. The monoisotopic (exact) mass is 234 g/mol. The van der Waals surface area contributed by atoms with Gasteiger partial charge in [0.25, 0.3) is 0 Å². The third kappa shape index (κ3) is 3.06. The van der Waals surface area contributed by atoms with Crippen LogP contribution in [0.5, 0.6) is 0 Å². The standard InChI is InChI=1S/C13H18N2O2/c1-4-12(14-16)13(15-17)11-7-5-10(6-8-11)9(2)3/h5-9,16-17H,4H2,1-3H3/b14-12-,15-13-. The summed E-state index contributed by atoms with van der Waals surface area (Å²) >= 11 is 0. The molecule has 0 unspecified atom stereocenters. The molecule has 1 aromatic rings. The smallest absolute Gasteiger partial charge is 0.134 e. The third-order valence-electron chi connectivity index (χ3n) is 2.68. The summed E-state index contributed by atoms with van der Waals surface area (Å²) in [5, 5.41) is 24.2. The van der Waals surface area contributed by atoms with Crippen molar-refractivity contribution in [1.29, 1.82) is 0 Å². The number of hydrogen-bond donors (Lipinski definition) is 2. The van der Waals surface area contributed by atoms with Gasteiger partial charge in [-0.15, -0.1) is 0 Å². The molecule has 0 amide bonds. The lowest BCUT2D eigenvalue weighted by atomic mass is 9.98. The fourth-order valence-electron chi connectivity index (χ4n) is 1.59. The largest absolute Gasteiger partial charge is 0.411 e. The highest BCUT2D eigenvalue weighted by atomic mass is 16.4. The predicted molar refractivity (Wildman–Crippen MR) is 68.4 cm³/mol. The van der Waals surface area contributed by atoms with E-state index in [1.165, 1.54) is 5.56 Å². The molecule has 0 fully saturated rings. The molecule has 17 heavy (non-hydrogen) atoms. The molecule has 0 saturated carbocycles. The molecule has 0 aliphatic heterocycles. The number of hydrogen-bond acceptors (Lipinski definition) is 4. The van der Waals surface area contributed by atoms with E-state index in [-0.39, 0.29) is 0 Å². The molecule has 0 saturated heterocycles. The van der Waals surface area contributed by atoms with Crippen LogP contribution in [0.2, 0.25) is 0 Å². The van der Waals surface area contributed by atoms with Crippen LogP contribution in [0, 0.1) is 0 Å². The predicted octanol–water partition coefficient (Wildman–Crippen LogP) is 3.23. The molecule has 4 nitrogen and oxygen atoms in total. The highest BCUT2D eigenvalue weighted by molar-refractivity contribution is 6.48. The van der Waals surface area contributed by atoms with E-state index in [2.05, 4.69) is 24.2 Å². The minimum absolute atomic E-state index is 0.310. The average molecular weight is 234 g/mol. The fraction of sp³-hybridized carbons (Fsp3) is 0.385. The molecule has 0 aliphatic rings. The maximum Gasteiger partial charge on any atom is 0.134 e. The van der Waals surface area contributed by atoms with Gasteiger partial charge in [-0.1, -0.05) is 55.3 Å². The molecule has 92 valence electrons. The van der Waals surface area contributed by atoms with Gasteiger partial charge in [0.15, 0.2) is 0 Å². The van der Waals surface area contributed by atoms with Crippen molar-refractivity contribution < 1.29 is 10.4 Å². The molecule has 1 rings (SSSR count). The van der Waals surface area contributed by atoms with Crippen LogP contribution < -0.4 is 0 Å². The van der Waals surface area contributed by atoms with Crippen molar-refractivity contribution in [3.8, 4) is 0 Å². The third-order valence-corrected chi connectivity index (χ3v) is 2.68. The van der Waals surface area contributed by atoms with E-state index in [0.717, 1.165) is 5.56 Å². The summed E-state index contributed by atoms with van der Waals surface area (Å²) in [6.45, 7) is 6.06. The lowest BCUT2D eigenvalue weighted by Crippen LogP contribution is -2.15. The van der Waals surface area contributed by atoms with Gasteiger partial charge in [-0.05, 0) is 17.9 Å². The van der Waals surface area contributed by atoms with Gasteiger partial charge in [0.2, 0.25) is 0 Å².